The molecule has 1 aromatic rings. The number of benzene rings is 1. The highest BCUT2D eigenvalue weighted by Gasteiger charge is 2.40. The topological polar surface area (TPSA) is 0 Å². The van der Waals surface area contributed by atoms with Crippen molar-refractivity contribution in [3.63, 3.8) is 0 Å². The van der Waals surface area contributed by atoms with Crippen molar-refractivity contribution in [3.05, 3.63) is 35.4 Å². The van der Waals surface area contributed by atoms with Crippen molar-refractivity contribution in [2.75, 3.05) is 0 Å². The van der Waals surface area contributed by atoms with E-state index in [1.807, 2.05) is 0 Å². The minimum atomic E-state index is -4.22. The number of rotatable bonds is 2. The van der Waals surface area contributed by atoms with Gasteiger partial charge in [-0.25, -0.2) is 0 Å². The molecule has 0 aromatic heterocycles. The maximum atomic E-state index is 12.6. The Hall–Kier alpha value is -0.925. The van der Waals surface area contributed by atoms with Crippen molar-refractivity contribution in [2.24, 2.45) is 0 Å². The predicted molar refractivity (Wildman–Crippen MR) is 76.4 cm³/mol. The molecule has 0 radical (unpaired) electrons. The van der Waals surface area contributed by atoms with Crippen LogP contribution in [0.5, 0.6) is 0 Å². The average molecular weight is 280 g/mol. The Kier molecular flexibility index (Phi) is 3.59. The summed E-state index contributed by atoms with van der Waals surface area (Å²) in [6.45, 7) is 0. The number of halogens is 3. The monoisotopic (exact) mass is 280 g/mol. The molecule has 3 rings (SSSR count). The Labute approximate surface area is 119 Å². The Morgan fingerprint density at radius 1 is 1.05 bits per heavy atom. The van der Waals surface area contributed by atoms with Gasteiger partial charge < -0.3 is 0 Å². The standard InChI is InChI=1S/C16H20BF3/c18-16(19,20)13-7-5-12(6-8-13)11-15-9-1-3-14(17-15)4-2-10-15/h5-8,14,17H,1-4,9-11H2. The number of alkyl halides is 3. The van der Waals surface area contributed by atoms with Gasteiger partial charge in [0.2, 0.25) is 0 Å². The van der Waals surface area contributed by atoms with E-state index in [2.05, 4.69) is 0 Å². The lowest BCUT2D eigenvalue weighted by molar-refractivity contribution is -0.137. The van der Waals surface area contributed by atoms with Crippen molar-refractivity contribution in [2.45, 2.75) is 62.3 Å². The summed E-state index contributed by atoms with van der Waals surface area (Å²) in [5, 5.41) is 0.376. The summed E-state index contributed by atoms with van der Waals surface area (Å²) in [6.07, 6.45) is 4.55. The average Bonchev–Trinajstić information content (AvgIpc) is 2.38. The molecule has 2 heterocycles. The molecule has 2 aliphatic heterocycles. The zero-order valence-corrected chi connectivity index (χ0v) is 11.7. The van der Waals surface area contributed by atoms with Gasteiger partial charge >= 0.3 is 6.18 Å². The van der Waals surface area contributed by atoms with Gasteiger partial charge in [0.05, 0.1) is 5.56 Å². The van der Waals surface area contributed by atoms with Crippen LogP contribution in [-0.4, -0.2) is 7.28 Å². The third-order valence-corrected chi connectivity index (χ3v) is 5.22. The first-order valence-corrected chi connectivity index (χ1v) is 7.63. The molecule has 0 aliphatic carbocycles. The molecular formula is C16H20BF3. The zero-order valence-electron chi connectivity index (χ0n) is 11.7. The van der Waals surface area contributed by atoms with Gasteiger partial charge in [0.15, 0.2) is 0 Å². The maximum Gasteiger partial charge on any atom is 0.416 e. The number of hydrogen-bond acceptors (Lipinski definition) is 0. The quantitative estimate of drug-likeness (QED) is 0.669. The minimum absolute atomic E-state index is 0.376. The van der Waals surface area contributed by atoms with Gasteiger partial charge in [-0.15, -0.1) is 0 Å². The Bertz CT molecular complexity index is 454. The van der Waals surface area contributed by atoms with Crippen LogP contribution in [0.4, 0.5) is 13.2 Å². The van der Waals surface area contributed by atoms with Crippen molar-refractivity contribution in [3.8, 4) is 0 Å². The molecule has 2 aliphatic rings. The largest absolute Gasteiger partial charge is 0.416 e. The van der Waals surface area contributed by atoms with E-state index in [1.165, 1.54) is 57.9 Å². The van der Waals surface area contributed by atoms with E-state index >= 15 is 0 Å². The molecule has 2 bridgehead atoms. The molecule has 108 valence electrons. The molecule has 0 amide bonds. The molecule has 0 unspecified atom stereocenters. The fraction of sp³-hybridized carbons (Fsp3) is 0.625. The van der Waals surface area contributed by atoms with Crippen LogP contribution in [-0.2, 0) is 12.6 Å². The fourth-order valence-corrected chi connectivity index (χ4v) is 4.31. The van der Waals surface area contributed by atoms with Gasteiger partial charge in [-0.05, 0) is 24.1 Å². The van der Waals surface area contributed by atoms with Crippen molar-refractivity contribution >= 4 is 7.28 Å². The second-order valence-corrected chi connectivity index (χ2v) is 6.73. The van der Waals surface area contributed by atoms with E-state index in [-0.39, 0.29) is 0 Å². The summed E-state index contributed by atoms with van der Waals surface area (Å²) < 4.78 is 37.7. The number of hydrogen-bond donors (Lipinski definition) is 0. The highest BCUT2D eigenvalue weighted by molar-refractivity contribution is 6.42. The third kappa shape index (κ3) is 2.89. The minimum Gasteiger partial charge on any atom is -0.166 e. The van der Waals surface area contributed by atoms with E-state index in [1.54, 1.807) is 12.1 Å². The van der Waals surface area contributed by atoms with Gasteiger partial charge in [0.1, 0.15) is 7.28 Å². The molecule has 1 aromatic carbocycles. The van der Waals surface area contributed by atoms with Crippen LogP contribution in [0.1, 0.15) is 49.7 Å². The normalized spacial score (nSPS) is 29.9. The summed E-state index contributed by atoms with van der Waals surface area (Å²) in [5.74, 6) is 0.868. The third-order valence-electron chi connectivity index (χ3n) is 5.22. The molecule has 2 saturated heterocycles. The molecule has 0 atom stereocenters. The molecule has 0 nitrogen and oxygen atoms in total. The van der Waals surface area contributed by atoms with Crippen LogP contribution in [0.15, 0.2) is 24.3 Å². The van der Waals surface area contributed by atoms with E-state index in [0.717, 1.165) is 17.8 Å². The van der Waals surface area contributed by atoms with Crippen molar-refractivity contribution in [1.29, 1.82) is 0 Å². The summed E-state index contributed by atoms with van der Waals surface area (Å²) >= 11 is 0. The molecule has 0 spiro atoms. The summed E-state index contributed by atoms with van der Waals surface area (Å²) in [4.78, 5) is 0. The Morgan fingerprint density at radius 3 is 2.20 bits per heavy atom. The highest BCUT2D eigenvalue weighted by Crippen LogP contribution is 2.53. The Morgan fingerprint density at radius 2 is 1.65 bits per heavy atom. The number of fused-ring (bicyclic) bond motifs is 2. The van der Waals surface area contributed by atoms with Gasteiger partial charge in [0, 0.05) is 0 Å². The predicted octanol–water partition coefficient (Wildman–Crippen LogP) is 5.00. The molecular weight excluding hydrogens is 260 g/mol. The van der Waals surface area contributed by atoms with Crippen LogP contribution in [0.25, 0.3) is 0 Å². The second-order valence-electron chi connectivity index (χ2n) is 6.73. The van der Waals surface area contributed by atoms with Crippen LogP contribution >= 0.6 is 0 Å². The fourth-order valence-electron chi connectivity index (χ4n) is 4.31. The van der Waals surface area contributed by atoms with Crippen LogP contribution in [0.2, 0.25) is 11.1 Å². The van der Waals surface area contributed by atoms with Crippen LogP contribution < -0.4 is 0 Å². The van der Waals surface area contributed by atoms with E-state index in [4.69, 9.17) is 0 Å². The first kappa shape index (κ1) is 14.0. The van der Waals surface area contributed by atoms with Crippen molar-refractivity contribution < 1.29 is 13.2 Å². The van der Waals surface area contributed by atoms with Gasteiger partial charge in [-0.2, -0.15) is 13.2 Å². The summed E-state index contributed by atoms with van der Waals surface area (Å²) in [5.41, 5.74) is 0.532. The SMILES string of the molecule is FC(F)(F)c1ccc(CC23BC(CCC2)CCC3)cc1. The van der Waals surface area contributed by atoms with E-state index in [0.29, 0.717) is 5.31 Å². The lowest BCUT2D eigenvalue weighted by Crippen LogP contribution is -2.34. The summed E-state index contributed by atoms with van der Waals surface area (Å²) in [7, 11) is 1.29. The van der Waals surface area contributed by atoms with Gasteiger partial charge in [-0.1, -0.05) is 61.8 Å². The van der Waals surface area contributed by atoms with Crippen molar-refractivity contribution in [1.82, 2.24) is 0 Å². The van der Waals surface area contributed by atoms with Crippen LogP contribution in [0, 0.1) is 0 Å². The van der Waals surface area contributed by atoms with E-state index in [9.17, 15) is 13.2 Å². The molecule has 2 fully saturated rings. The smallest absolute Gasteiger partial charge is 0.166 e. The van der Waals surface area contributed by atoms with E-state index < -0.39 is 11.7 Å². The molecule has 0 saturated carbocycles. The lowest BCUT2D eigenvalue weighted by Gasteiger charge is -2.44. The lowest BCUT2D eigenvalue weighted by atomic mass is 9.35. The van der Waals surface area contributed by atoms with Crippen LogP contribution in [0.3, 0.4) is 0 Å². The highest BCUT2D eigenvalue weighted by atomic mass is 19.4. The first-order chi connectivity index (χ1) is 9.47. The molecule has 20 heavy (non-hydrogen) atoms. The van der Waals surface area contributed by atoms with Gasteiger partial charge in [-0.3, -0.25) is 0 Å². The molecule has 0 N–H and O–H groups in total. The molecule has 4 heteroatoms. The summed E-state index contributed by atoms with van der Waals surface area (Å²) in [6, 6.07) is 5.82. The zero-order chi connectivity index (χ0) is 14.2. The van der Waals surface area contributed by atoms with Gasteiger partial charge in [0.25, 0.3) is 0 Å². The second kappa shape index (κ2) is 5.12. The maximum absolute atomic E-state index is 12.6. The Balaban J connectivity index is 1.74. The first-order valence-electron chi connectivity index (χ1n) is 7.63.